The summed E-state index contributed by atoms with van der Waals surface area (Å²) in [4.78, 5) is 1.79. The topological polar surface area (TPSA) is 90.7 Å². The lowest BCUT2D eigenvalue weighted by Gasteiger charge is -2.23. The van der Waals surface area contributed by atoms with Gasteiger partial charge in [0.25, 0.3) is 10.0 Å². The normalized spacial score (nSPS) is 18.8. The Morgan fingerprint density at radius 2 is 2.12 bits per heavy atom. The maximum Gasteiger partial charge on any atom is 0.263 e. The molecule has 2 heterocycles. The third kappa shape index (κ3) is 2.26. The highest BCUT2D eigenvalue weighted by atomic mass is 32.2. The Bertz CT molecular complexity index is 450. The van der Waals surface area contributed by atoms with Gasteiger partial charge in [-0.25, -0.2) is 8.42 Å². The van der Waals surface area contributed by atoms with E-state index in [2.05, 4.69) is 0 Å². The minimum atomic E-state index is -3.65. The van der Waals surface area contributed by atoms with Crippen LogP contribution >= 0.6 is 11.3 Å². The summed E-state index contributed by atoms with van der Waals surface area (Å²) >= 11 is 1.08. The van der Waals surface area contributed by atoms with Crippen LogP contribution in [0.5, 0.6) is 0 Å². The highest BCUT2D eigenvalue weighted by Gasteiger charge is 2.26. The van der Waals surface area contributed by atoms with Gasteiger partial charge < -0.3 is 9.47 Å². The Balaban J connectivity index is 2.31. The van der Waals surface area contributed by atoms with Crippen LogP contribution in [0.2, 0.25) is 0 Å². The van der Waals surface area contributed by atoms with E-state index in [0.29, 0.717) is 18.8 Å². The molecule has 90 valence electrons. The molecule has 0 saturated carbocycles. The zero-order valence-corrected chi connectivity index (χ0v) is 10.0. The van der Waals surface area contributed by atoms with E-state index in [9.17, 15) is 8.42 Å². The standard InChI is InChI=1S/C8H12N2O4S2/c9-10-16(11,12)8-6(2-5-15-8)7-13-3-1-4-14-7/h2,5,7,10H,1,3-4,9H2. The predicted molar refractivity (Wildman–Crippen MR) is 58.1 cm³/mol. The van der Waals surface area contributed by atoms with Crippen LogP contribution in [0.25, 0.3) is 0 Å². The van der Waals surface area contributed by atoms with Gasteiger partial charge in [-0.05, 0) is 17.9 Å². The van der Waals surface area contributed by atoms with E-state index >= 15 is 0 Å². The van der Waals surface area contributed by atoms with Gasteiger partial charge >= 0.3 is 0 Å². The number of hydrazine groups is 1. The molecule has 0 aromatic carbocycles. The van der Waals surface area contributed by atoms with Crippen LogP contribution in [-0.4, -0.2) is 21.6 Å². The van der Waals surface area contributed by atoms with Crippen molar-refractivity contribution in [3.63, 3.8) is 0 Å². The van der Waals surface area contributed by atoms with Crippen molar-refractivity contribution in [3.8, 4) is 0 Å². The van der Waals surface area contributed by atoms with E-state index in [1.165, 1.54) is 0 Å². The summed E-state index contributed by atoms with van der Waals surface area (Å²) in [5.74, 6) is 4.98. The molecule has 0 unspecified atom stereocenters. The average Bonchev–Trinajstić information content (AvgIpc) is 2.80. The zero-order valence-electron chi connectivity index (χ0n) is 8.38. The van der Waals surface area contributed by atoms with Crippen LogP contribution in [0.3, 0.4) is 0 Å². The van der Waals surface area contributed by atoms with E-state index in [4.69, 9.17) is 15.3 Å². The highest BCUT2D eigenvalue weighted by molar-refractivity contribution is 7.91. The first-order valence-corrected chi connectivity index (χ1v) is 7.04. The van der Waals surface area contributed by atoms with Crippen LogP contribution in [-0.2, 0) is 19.5 Å². The maximum absolute atomic E-state index is 11.6. The molecule has 8 heteroatoms. The van der Waals surface area contributed by atoms with Crippen molar-refractivity contribution in [2.24, 2.45) is 5.84 Å². The van der Waals surface area contributed by atoms with Gasteiger partial charge in [0.15, 0.2) is 6.29 Å². The molecule has 0 bridgehead atoms. The number of thiophene rings is 1. The lowest BCUT2D eigenvalue weighted by molar-refractivity contribution is -0.184. The summed E-state index contributed by atoms with van der Waals surface area (Å²) in [6.45, 7) is 1.13. The average molecular weight is 264 g/mol. The molecule has 2 rings (SSSR count). The van der Waals surface area contributed by atoms with Crippen LogP contribution in [0, 0.1) is 0 Å². The summed E-state index contributed by atoms with van der Waals surface area (Å²) in [6.07, 6.45) is 0.204. The third-order valence-electron chi connectivity index (χ3n) is 2.14. The Hall–Kier alpha value is -0.510. The molecule has 1 aromatic rings. The van der Waals surface area contributed by atoms with Gasteiger partial charge in [0, 0.05) is 5.56 Å². The van der Waals surface area contributed by atoms with Gasteiger partial charge in [-0.15, -0.1) is 16.2 Å². The molecule has 0 atom stereocenters. The van der Waals surface area contributed by atoms with Crippen LogP contribution in [0.4, 0.5) is 0 Å². The van der Waals surface area contributed by atoms with Gasteiger partial charge in [0.05, 0.1) is 13.2 Å². The van der Waals surface area contributed by atoms with Crippen molar-refractivity contribution in [2.45, 2.75) is 16.9 Å². The molecule has 1 fully saturated rings. The lowest BCUT2D eigenvalue weighted by Crippen LogP contribution is -2.31. The smallest absolute Gasteiger partial charge is 0.263 e. The van der Waals surface area contributed by atoms with E-state index in [1.807, 2.05) is 0 Å². The van der Waals surface area contributed by atoms with E-state index in [-0.39, 0.29) is 4.21 Å². The molecule has 6 nitrogen and oxygen atoms in total. The molecule has 1 aliphatic rings. The summed E-state index contributed by atoms with van der Waals surface area (Å²) < 4.78 is 34.0. The lowest BCUT2D eigenvalue weighted by atomic mass is 10.3. The van der Waals surface area contributed by atoms with Crippen molar-refractivity contribution in [3.05, 3.63) is 17.0 Å². The maximum atomic E-state index is 11.6. The number of hydrogen-bond acceptors (Lipinski definition) is 6. The highest BCUT2D eigenvalue weighted by Crippen LogP contribution is 2.32. The van der Waals surface area contributed by atoms with Gasteiger partial charge in [0.2, 0.25) is 0 Å². The van der Waals surface area contributed by atoms with E-state index in [1.54, 1.807) is 16.3 Å². The summed E-state index contributed by atoms with van der Waals surface area (Å²) in [7, 11) is -3.65. The fourth-order valence-electron chi connectivity index (χ4n) is 1.42. The van der Waals surface area contributed by atoms with Gasteiger partial charge in [-0.3, -0.25) is 5.84 Å². The van der Waals surface area contributed by atoms with Crippen molar-refractivity contribution >= 4 is 21.4 Å². The monoisotopic (exact) mass is 264 g/mol. The van der Waals surface area contributed by atoms with Crippen molar-refractivity contribution < 1.29 is 17.9 Å². The predicted octanol–water partition coefficient (Wildman–Crippen LogP) is 0.336. The van der Waals surface area contributed by atoms with Gasteiger partial charge in [-0.1, -0.05) is 0 Å². The van der Waals surface area contributed by atoms with Crippen molar-refractivity contribution in [1.29, 1.82) is 0 Å². The quantitative estimate of drug-likeness (QED) is 0.606. The molecule has 3 N–H and O–H groups in total. The Labute approximate surface area is 97.4 Å². The minimum absolute atomic E-state index is 0.141. The second-order valence-electron chi connectivity index (χ2n) is 3.21. The van der Waals surface area contributed by atoms with Crippen LogP contribution in [0.15, 0.2) is 15.7 Å². The first kappa shape index (κ1) is 12.0. The third-order valence-corrected chi connectivity index (χ3v) is 4.84. The second kappa shape index (κ2) is 4.78. The first-order chi connectivity index (χ1) is 7.65. The largest absolute Gasteiger partial charge is 0.348 e. The molecular formula is C8H12N2O4S2. The Morgan fingerprint density at radius 1 is 1.44 bits per heavy atom. The Kier molecular flexibility index (Phi) is 3.57. The minimum Gasteiger partial charge on any atom is -0.348 e. The molecule has 1 aromatic heterocycles. The van der Waals surface area contributed by atoms with Crippen LogP contribution in [0.1, 0.15) is 18.3 Å². The number of rotatable bonds is 3. The molecule has 0 amide bonds. The molecule has 0 spiro atoms. The summed E-state index contributed by atoms with van der Waals surface area (Å²) in [5, 5.41) is 1.67. The fraction of sp³-hybridized carbons (Fsp3) is 0.500. The zero-order chi connectivity index (χ0) is 11.6. The molecule has 1 saturated heterocycles. The molecular weight excluding hydrogens is 252 g/mol. The number of nitrogens with one attached hydrogen (secondary N) is 1. The number of hydrogen-bond donors (Lipinski definition) is 2. The number of sulfonamides is 1. The van der Waals surface area contributed by atoms with Gasteiger partial charge in [0.1, 0.15) is 4.21 Å². The number of nitrogens with two attached hydrogens (primary N) is 1. The molecule has 0 aliphatic carbocycles. The van der Waals surface area contributed by atoms with Crippen molar-refractivity contribution in [2.75, 3.05) is 13.2 Å². The molecule has 1 aliphatic heterocycles. The summed E-state index contributed by atoms with van der Waals surface area (Å²) in [5.41, 5.74) is 0.502. The van der Waals surface area contributed by atoms with Crippen molar-refractivity contribution in [1.82, 2.24) is 4.83 Å². The Morgan fingerprint density at radius 3 is 2.75 bits per heavy atom. The summed E-state index contributed by atoms with van der Waals surface area (Å²) in [6, 6.07) is 1.67. The fourth-order valence-corrected chi connectivity index (χ4v) is 3.46. The first-order valence-electron chi connectivity index (χ1n) is 4.68. The second-order valence-corrected chi connectivity index (χ2v) is 6.04. The molecule has 16 heavy (non-hydrogen) atoms. The van der Waals surface area contributed by atoms with E-state index in [0.717, 1.165) is 17.8 Å². The van der Waals surface area contributed by atoms with Crippen LogP contribution < -0.4 is 10.7 Å². The molecule has 0 radical (unpaired) electrons. The SMILES string of the molecule is NNS(=O)(=O)c1sccc1C1OCCCO1. The van der Waals surface area contributed by atoms with E-state index < -0.39 is 16.3 Å². The number of ether oxygens (including phenoxy) is 2. The van der Waals surface area contributed by atoms with Gasteiger partial charge in [-0.2, -0.15) is 0 Å².